The van der Waals surface area contributed by atoms with Crippen molar-refractivity contribution in [3.8, 4) is 5.75 Å². The molecule has 1 aliphatic heterocycles. The van der Waals surface area contributed by atoms with Gasteiger partial charge in [-0.05, 0) is 79.8 Å². The molecule has 1 aliphatic carbocycles. The van der Waals surface area contributed by atoms with Gasteiger partial charge in [0.2, 0.25) is 0 Å². The van der Waals surface area contributed by atoms with Crippen LogP contribution in [0.15, 0.2) is 48.5 Å². The molecule has 0 radical (unpaired) electrons. The number of rotatable bonds is 4. The van der Waals surface area contributed by atoms with Crippen molar-refractivity contribution in [2.45, 2.75) is 44.1 Å². The van der Waals surface area contributed by atoms with E-state index in [1.807, 2.05) is 12.1 Å². The van der Waals surface area contributed by atoms with Crippen LogP contribution in [0.5, 0.6) is 5.75 Å². The second-order valence-corrected chi connectivity index (χ2v) is 8.17. The van der Waals surface area contributed by atoms with E-state index in [0.717, 1.165) is 37.1 Å². The molecule has 2 aromatic carbocycles. The van der Waals surface area contributed by atoms with Gasteiger partial charge >= 0.3 is 0 Å². The maximum Gasteiger partial charge on any atom is 0.122 e. The lowest BCUT2D eigenvalue weighted by atomic mass is 9.88. The molecule has 144 valence electrons. The summed E-state index contributed by atoms with van der Waals surface area (Å²) >= 11 is 0. The van der Waals surface area contributed by atoms with Gasteiger partial charge < -0.3 is 14.7 Å². The standard InChI is InChI=1S/C24H31NO2/c1-27-24-9-5-8-21-22(24)11-10-18(16-23(21)26)17-25-14-12-20(13-15-25)19-6-3-2-4-7-19/h2-9,18,20,23,26H,10-17H2,1H3/t18-,23-/m1/s1. The second-order valence-electron chi connectivity index (χ2n) is 8.17. The molecule has 0 saturated carbocycles. The monoisotopic (exact) mass is 365 g/mol. The van der Waals surface area contributed by atoms with Crippen molar-refractivity contribution in [3.05, 3.63) is 65.2 Å². The van der Waals surface area contributed by atoms with Gasteiger partial charge in [0.05, 0.1) is 13.2 Å². The molecule has 0 amide bonds. The van der Waals surface area contributed by atoms with Crippen molar-refractivity contribution in [2.75, 3.05) is 26.7 Å². The van der Waals surface area contributed by atoms with Crippen molar-refractivity contribution < 1.29 is 9.84 Å². The zero-order chi connectivity index (χ0) is 18.6. The normalized spacial score (nSPS) is 24.2. The molecule has 3 heteroatoms. The molecule has 2 aliphatic rings. The predicted molar refractivity (Wildman–Crippen MR) is 109 cm³/mol. The van der Waals surface area contributed by atoms with E-state index in [0.29, 0.717) is 11.8 Å². The number of likely N-dealkylation sites (tertiary alicyclic amines) is 1. The lowest BCUT2D eigenvalue weighted by Gasteiger charge is -2.34. The van der Waals surface area contributed by atoms with E-state index in [1.54, 1.807) is 7.11 Å². The van der Waals surface area contributed by atoms with E-state index in [9.17, 15) is 5.11 Å². The van der Waals surface area contributed by atoms with Gasteiger partial charge in [-0.3, -0.25) is 0 Å². The van der Waals surface area contributed by atoms with Crippen LogP contribution in [0.3, 0.4) is 0 Å². The van der Waals surface area contributed by atoms with Crippen molar-refractivity contribution >= 4 is 0 Å². The number of methoxy groups -OCH3 is 1. The Kier molecular flexibility index (Phi) is 5.80. The molecule has 3 nitrogen and oxygen atoms in total. The summed E-state index contributed by atoms with van der Waals surface area (Å²) in [5, 5.41) is 10.8. The Morgan fingerprint density at radius 2 is 1.78 bits per heavy atom. The summed E-state index contributed by atoms with van der Waals surface area (Å²) in [5.41, 5.74) is 3.77. The Hall–Kier alpha value is -1.84. The Morgan fingerprint density at radius 3 is 2.52 bits per heavy atom. The highest BCUT2D eigenvalue weighted by Gasteiger charge is 2.28. The number of benzene rings is 2. The maximum absolute atomic E-state index is 10.8. The fraction of sp³-hybridized carbons (Fsp3) is 0.500. The van der Waals surface area contributed by atoms with E-state index in [1.165, 1.54) is 37.1 Å². The lowest BCUT2D eigenvalue weighted by Crippen LogP contribution is -2.36. The third-order valence-electron chi connectivity index (χ3n) is 6.48. The van der Waals surface area contributed by atoms with Crippen LogP contribution in [0.1, 0.15) is 54.4 Å². The van der Waals surface area contributed by atoms with Crippen LogP contribution in [0.25, 0.3) is 0 Å². The average Bonchev–Trinajstić information content (AvgIpc) is 2.88. The van der Waals surface area contributed by atoms with Crippen molar-refractivity contribution in [3.63, 3.8) is 0 Å². The minimum Gasteiger partial charge on any atom is -0.496 e. The molecule has 4 rings (SSSR count). The SMILES string of the molecule is COc1cccc2c1CC[C@@H](CN1CCC(c3ccccc3)CC1)C[C@H]2O. The maximum atomic E-state index is 10.8. The molecular weight excluding hydrogens is 334 g/mol. The molecule has 1 heterocycles. The highest BCUT2D eigenvalue weighted by atomic mass is 16.5. The molecule has 1 fully saturated rings. The van der Waals surface area contributed by atoms with Crippen LogP contribution in [0.4, 0.5) is 0 Å². The molecular formula is C24H31NO2. The Balaban J connectivity index is 1.35. The largest absolute Gasteiger partial charge is 0.496 e. The first-order valence-electron chi connectivity index (χ1n) is 10.4. The minimum atomic E-state index is -0.371. The lowest BCUT2D eigenvalue weighted by molar-refractivity contribution is 0.117. The van der Waals surface area contributed by atoms with Crippen LogP contribution in [0.2, 0.25) is 0 Å². The molecule has 0 unspecified atom stereocenters. The van der Waals surface area contributed by atoms with Gasteiger partial charge in [-0.1, -0.05) is 42.5 Å². The molecule has 27 heavy (non-hydrogen) atoms. The van der Waals surface area contributed by atoms with Crippen LogP contribution in [-0.2, 0) is 6.42 Å². The summed E-state index contributed by atoms with van der Waals surface area (Å²) in [5.74, 6) is 2.18. The summed E-state index contributed by atoms with van der Waals surface area (Å²) in [7, 11) is 1.72. The summed E-state index contributed by atoms with van der Waals surface area (Å²) < 4.78 is 5.53. The summed E-state index contributed by atoms with van der Waals surface area (Å²) in [6.45, 7) is 3.44. The highest BCUT2D eigenvalue weighted by molar-refractivity contribution is 5.42. The third kappa shape index (κ3) is 4.20. The molecule has 1 N–H and O–H groups in total. The summed E-state index contributed by atoms with van der Waals surface area (Å²) in [4.78, 5) is 2.62. The minimum absolute atomic E-state index is 0.371. The fourth-order valence-electron chi connectivity index (χ4n) is 4.97. The van der Waals surface area contributed by atoms with E-state index in [4.69, 9.17) is 4.74 Å². The first-order chi connectivity index (χ1) is 13.2. The molecule has 0 spiro atoms. The van der Waals surface area contributed by atoms with E-state index >= 15 is 0 Å². The third-order valence-corrected chi connectivity index (χ3v) is 6.48. The van der Waals surface area contributed by atoms with Crippen molar-refractivity contribution in [2.24, 2.45) is 5.92 Å². The van der Waals surface area contributed by atoms with Gasteiger partial charge in [0.15, 0.2) is 0 Å². The number of aliphatic hydroxyl groups is 1. The zero-order valence-corrected chi connectivity index (χ0v) is 16.3. The smallest absolute Gasteiger partial charge is 0.122 e. The number of aliphatic hydroxyl groups excluding tert-OH is 1. The zero-order valence-electron chi connectivity index (χ0n) is 16.3. The van der Waals surface area contributed by atoms with E-state index in [2.05, 4.69) is 41.3 Å². The summed E-state index contributed by atoms with van der Waals surface area (Å²) in [6, 6.07) is 17.0. The summed E-state index contributed by atoms with van der Waals surface area (Å²) in [6.07, 6.45) is 5.11. The van der Waals surface area contributed by atoms with E-state index in [-0.39, 0.29) is 6.10 Å². The number of hydrogen-bond donors (Lipinski definition) is 1. The average molecular weight is 366 g/mol. The topological polar surface area (TPSA) is 32.7 Å². The number of piperidine rings is 1. The fourth-order valence-corrected chi connectivity index (χ4v) is 4.97. The van der Waals surface area contributed by atoms with Gasteiger partial charge in [-0.2, -0.15) is 0 Å². The van der Waals surface area contributed by atoms with E-state index < -0.39 is 0 Å². The molecule has 1 saturated heterocycles. The Labute approximate surface area is 163 Å². The van der Waals surface area contributed by atoms with Gasteiger partial charge in [0.25, 0.3) is 0 Å². The number of nitrogens with zero attached hydrogens (tertiary/aromatic N) is 1. The van der Waals surface area contributed by atoms with Gasteiger partial charge in [0.1, 0.15) is 5.75 Å². The van der Waals surface area contributed by atoms with Gasteiger partial charge in [0, 0.05) is 6.54 Å². The number of hydrogen-bond acceptors (Lipinski definition) is 3. The highest BCUT2D eigenvalue weighted by Crippen LogP contribution is 2.37. The second kappa shape index (κ2) is 8.45. The molecule has 0 aromatic heterocycles. The van der Waals surface area contributed by atoms with Crippen molar-refractivity contribution in [1.82, 2.24) is 4.90 Å². The quantitative estimate of drug-likeness (QED) is 0.806. The molecule has 2 atom stereocenters. The number of fused-ring (bicyclic) bond motifs is 1. The van der Waals surface area contributed by atoms with Crippen LogP contribution < -0.4 is 4.74 Å². The van der Waals surface area contributed by atoms with Gasteiger partial charge in [-0.25, -0.2) is 0 Å². The molecule has 0 bridgehead atoms. The van der Waals surface area contributed by atoms with Crippen LogP contribution in [-0.4, -0.2) is 36.8 Å². The van der Waals surface area contributed by atoms with Crippen molar-refractivity contribution in [1.29, 1.82) is 0 Å². The Bertz CT molecular complexity index is 737. The molecule has 2 aromatic rings. The van der Waals surface area contributed by atoms with Gasteiger partial charge in [-0.15, -0.1) is 0 Å². The van der Waals surface area contributed by atoms with Crippen LogP contribution in [0, 0.1) is 5.92 Å². The first-order valence-corrected chi connectivity index (χ1v) is 10.4. The predicted octanol–water partition coefficient (Wildman–Crippen LogP) is 4.56. The number of ether oxygens (including phenoxy) is 1. The van der Waals surface area contributed by atoms with Crippen LogP contribution >= 0.6 is 0 Å². The Morgan fingerprint density at radius 1 is 1.00 bits per heavy atom. The first kappa shape index (κ1) is 18.5.